The van der Waals surface area contributed by atoms with Crippen LogP contribution >= 0.6 is 0 Å². The molecule has 5 aliphatic carbocycles. The summed E-state index contributed by atoms with van der Waals surface area (Å²) in [5.41, 5.74) is 1.75. The molecule has 140 valence electrons. The summed E-state index contributed by atoms with van der Waals surface area (Å²) in [6.07, 6.45) is 11.5. The predicted molar refractivity (Wildman–Crippen MR) is 97.1 cm³/mol. The molecule has 6 aliphatic rings. The second-order valence-corrected chi connectivity index (χ2v) is 10.7. The van der Waals surface area contributed by atoms with Gasteiger partial charge in [-0.2, -0.15) is 0 Å². The molecule has 0 aromatic rings. The highest BCUT2D eigenvalue weighted by atomic mass is 16.6. The van der Waals surface area contributed by atoms with Crippen molar-refractivity contribution in [1.82, 2.24) is 0 Å². The van der Waals surface area contributed by atoms with Crippen molar-refractivity contribution in [2.75, 3.05) is 0 Å². The highest BCUT2D eigenvalue weighted by molar-refractivity contribution is 5.91. The van der Waals surface area contributed by atoms with Gasteiger partial charge in [-0.15, -0.1) is 0 Å². The lowest BCUT2D eigenvalue weighted by Crippen LogP contribution is -2.56. The Morgan fingerprint density at radius 1 is 0.962 bits per heavy atom. The van der Waals surface area contributed by atoms with Crippen LogP contribution in [0.1, 0.15) is 71.6 Å². The molecule has 0 aromatic carbocycles. The van der Waals surface area contributed by atoms with Gasteiger partial charge in [-0.3, -0.25) is 9.59 Å². The van der Waals surface area contributed by atoms with Crippen LogP contribution < -0.4 is 0 Å². The van der Waals surface area contributed by atoms with Gasteiger partial charge < -0.3 is 4.74 Å². The molecule has 0 amide bonds. The normalized spacial score (nSPS) is 57.0. The molecular weight excluding hydrogens is 324 g/mol. The van der Waals surface area contributed by atoms with E-state index in [0.29, 0.717) is 18.1 Å². The molecule has 3 unspecified atom stereocenters. The smallest absolute Gasteiger partial charge is 0.306 e. The first-order chi connectivity index (χ1) is 12.4. The molecule has 1 spiro atoms. The molecule has 5 fully saturated rings. The van der Waals surface area contributed by atoms with Gasteiger partial charge >= 0.3 is 5.97 Å². The molecule has 0 bridgehead atoms. The first-order valence-corrected chi connectivity index (χ1v) is 10.8. The van der Waals surface area contributed by atoms with Crippen LogP contribution in [0.2, 0.25) is 0 Å². The summed E-state index contributed by atoms with van der Waals surface area (Å²) in [7, 11) is 0. The van der Waals surface area contributed by atoms with Crippen LogP contribution in [0.4, 0.5) is 0 Å². The largest absolute Gasteiger partial charge is 0.458 e. The van der Waals surface area contributed by atoms with Gasteiger partial charge in [0.05, 0.1) is 0 Å². The van der Waals surface area contributed by atoms with Crippen molar-refractivity contribution < 1.29 is 14.3 Å². The fourth-order valence-electron chi connectivity index (χ4n) is 8.92. The minimum atomic E-state index is -0.135. The van der Waals surface area contributed by atoms with Gasteiger partial charge in [0.1, 0.15) is 5.60 Å². The van der Waals surface area contributed by atoms with E-state index in [2.05, 4.69) is 13.8 Å². The number of hydrogen-bond acceptors (Lipinski definition) is 3. The van der Waals surface area contributed by atoms with Crippen LogP contribution in [0.5, 0.6) is 0 Å². The summed E-state index contributed by atoms with van der Waals surface area (Å²) in [4.78, 5) is 24.1. The number of rotatable bonds is 0. The van der Waals surface area contributed by atoms with E-state index < -0.39 is 0 Å². The highest BCUT2D eigenvalue weighted by Gasteiger charge is 2.78. The maximum atomic E-state index is 12.1. The van der Waals surface area contributed by atoms with Crippen molar-refractivity contribution in [2.45, 2.75) is 77.2 Å². The molecule has 26 heavy (non-hydrogen) atoms. The molecule has 1 saturated heterocycles. The number of carbonyl (C=O) groups is 2. The fourth-order valence-corrected chi connectivity index (χ4v) is 8.92. The first kappa shape index (κ1) is 15.9. The van der Waals surface area contributed by atoms with Crippen molar-refractivity contribution >= 4 is 11.8 Å². The van der Waals surface area contributed by atoms with Gasteiger partial charge in [-0.05, 0) is 80.1 Å². The first-order valence-electron chi connectivity index (χ1n) is 10.8. The van der Waals surface area contributed by atoms with Crippen molar-refractivity contribution in [1.29, 1.82) is 0 Å². The van der Waals surface area contributed by atoms with E-state index in [1.54, 1.807) is 0 Å². The van der Waals surface area contributed by atoms with E-state index in [-0.39, 0.29) is 22.4 Å². The summed E-state index contributed by atoms with van der Waals surface area (Å²) in [6, 6.07) is 0. The van der Waals surface area contributed by atoms with E-state index in [9.17, 15) is 9.59 Å². The number of hydrogen-bond donors (Lipinski definition) is 0. The van der Waals surface area contributed by atoms with E-state index in [1.165, 1.54) is 31.3 Å². The van der Waals surface area contributed by atoms with Crippen molar-refractivity contribution in [3.05, 3.63) is 11.6 Å². The van der Waals surface area contributed by atoms with Gasteiger partial charge in [0.25, 0.3) is 0 Å². The molecular formula is C23H30O3. The molecule has 1 heterocycles. The van der Waals surface area contributed by atoms with E-state index >= 15 is 0 Å². The molecule has 3 nitrogen and oxygen atoms in total. The molecule has 3 heteroatoms. The minimum absolute atomic E-state index is 0.0475. The molecule has 0 aromatic heterocycles. The monoisotopic (exact) mass is 354 g/mol. The molecule has 0 radical (unpaired) electrons. The van der Waals surface area contributed by atoms with Crippen molar-refractivity contribution in [2.24, 2.45) is 40.4 Å². The van der Waals surface area contributed by atoms with E-state index in [4.69, 9.17) is 4.74 Å². The molecule has 6 rings (SSSR count). The predicted octanol–water partition coefficient (Wildman–Crippen LogP) is 4.45. The highest BCUT2D eigenvalue weighted by Crippen LogP contribution is 2.79. The minimum Gasteiger partial charge on any atom is -0.458 e. The summed E-state index contributed by atoms with van der Waals surface area (Å²) in [5.74, 6) is 4.04. The number of ether oxygens (including phenoxy) is 1. The van der Waals surface area contributed by atoms with Crippen molar-refractivity contribution in [3.8, 4) is 0 Å². The Morgan fingerprint density at radius 2 is 1.81 bits per heavy atom. The van der Waals surface area contributed by atoms with Crippen molar-refractivity contribution in [3.63, 3.8) is 0 Å². The van der Waals surface area contributed by atoms with Crippen LogP contribution in [-0.4, -0.2) is 17.4 Å². The third-order valence-corrected chi connectivity index (χ3v) is 10.1. The quantitative estimate of drug-likeness (QED) is 0.604. The van der Waals surface area contributed by atoms with Gasteiger partial charge in [-0.1, -0.05) is 19.4 Å². The van der Waals surface area contributed by atoms with Gasteiger partial charge in [-0.25, -0.2) is 0 Å². The zero-order valence-corrected chi connectivity index (χ0v) is 16.1. The molecule has 8 atom stereocenters. The number of fused-ring (bicyclic) bond motifs is 9. The van der Waals surface area contributed by atoms with Crippen LogP contribution in [0.3, 0.4) is 0 Å². The lowest BCUT2D eigenvalue weighted by molar-refractivity contribution is -0.176. The summed E-state index contributed by atoms with van der Waals surface area (Å²) in [5, 5.41) is 0. The number of carbonyl (C=O) groups excluding carboxylic acids is 2. The van der Waals surface area contributed by atoms with Crippen LogP contribution in [0.25, 0.3) is 0 Å². The molecule has 1 aliphatic heterocycles. The zero-order valence-electron chi connectivity index (χ0n) is 16.1. The SMILES string of the molecule is C[C@]12CCC(=O)C=C1CCC1C2CC[C@@]2(C)C1[C@@H]1C[C@@H]1[C@]21CCC(=O)O1. The summed E-state index contributed by atoms with van der Waals surface area (Å²) >= 11 is 0. The second kappa shape index (κ2) is 4.64. The van der Waals surface area contributed by atoms with Crippen LogP contribution in [0.15, 0.2) is 11.6 Å². The Bertz CT molecular complexity index is 753. The van der Waals surface area contributed by atoms with E-state index in [0.717, 1.165) is 49.4 Å². The second-order valence-electron chi connectivity index (χ2n) is 10.7. The van der Waals surface area contributed by atoms with Gasteiger partial charge in [0.15, 0.2) is 5.78 Å². The Morgan fingerprint density at radius 3 is 2.58 bits per heavy atom. The Kier molecular flexibility index (Phi) is 2.84. The topological polar surface area (TPSA) is 43.4 Å². The van der Waals surface area contributed by atoms with Gasteiger partial charge in [0, 0.05) is 24.2 Å². The zero-order chi connectivity index (χ0) is 17.9. The summed E-state index contributed by atoms with van der Waals surface area (Å²) < 4.78 is 6.17. The Hall–Kier alpha value is -1.12. The average molecular weight is 354 g/mol. The summed E-state index contributed by atoms with van der Waals surface area (Å²) in [6.45, 7) is 4.92. The molecule has 0 N–H and O–H groups in total. The fraction of sp³-hybridized carbons (Fsp3) is 0.826. The number of ketones is 1. The lowest BCUT2D eigenvalue weighted by Gasteiger charge is -2.60. The molecule has 4 saturated carbocycles. The maximum absolute atomic E-state index is 12.1. The number of allylic oxidation sites excluding steroid dienone is 1. The van der Waals surface area contributed by atoms with Crippen LogP contribution in [-0.2, 0) is 14.3 Å². The third kappa shape index (κ3) is 1.63. The standard InChI is InChI=1S/C23H30O3/c1-21-8-5-14(24)11-13(21)3-4-15-17(21)6-9-22(2)20(15)16-12-18(16)23(22)10-7-19(25)26-23/h11,15-18,20H,3-10,12H2,1-2H3/t15?,16-,17?,18+,20?,21+,22+,23-/m1/s1. The third-order valence-electron chi connectivity index (χ3n) is 10.1. The average Bonchev–Trinajstić information content (AvgIpc) is 3.24. The number of esters is 1. The Labute approximate surface area is 155 Å². The Balaban J connectivity index is 1.40. The maximum Gasteiger partial charge on any atom is 0.306 e. The van der Waals surface area contributed by atoms with E-state index in [1.807, 2.05) is 6.08 Å². The van der Waals surface area contributed by atoms with Crippen LogP contribution in [0, 0.1) is 40.4 Å². The lowest BCUT2D eigenvalue weighted by atomic mass is 9.45. The van der Waals surface area contributed by atoms with Gasteiger partial charge in [0.2, 0.25) is 0 Å².